The minimum atomic E-state index is -3.96. The minimum Gasteiger partial charge on any atom is -0.494 e. The molecule has 2 aliphatic carbocycles. The molecule has 2 amide bonds. The van der Waals surface area contributed by atoms with Gasteiger partial charge in [-0.05, 0) is 90.0 Å². The largest absolute Gasteiger partial charge is 0.494 e. The highest BCUT2D eigenvalue weighted by Gasteiger charge is 2.62. The SMILES string of the molecule is COC[C@@H]1C[C@@H](C)CC/C=C\[C@@H]2C[C@@]2(C(=O)NS(=O)(=O)C2(C)CC2)CC(=O)[C@@H]2C[C@@H](Oc3ncc(OC)c4ccccc34)CN2C(=O)[C@H]1CC(=O)OC(C)(C)C. The van der Waals surface area contributed by atoms with Gasteiger partial charge in [-0.25, -0.2) is 13.4 Å². The van der Waals surface area contributed by atoms with E-state index in [2.05, 4.69) is 16.6 Å². The summed E-state index contributed by atoms with van der Waals surface area (Å²) in [7, 11) is -0.839. The Bertz CT molecular complexity index is 1970. The van der Waals surface area contributed by atoms with Crippen molar-refractivity contribution in [3.8, 4) is 11.6 Å². The third-order valence-corrected chi connectivity index (χ3v) is 14.2. The number of methoxy groups -OCH3 is 2. The number of ketones is 1. The first-order chi connectivity index (χ1) is 26.4. The van der Waals surface area contributed by atoms with E-state index in [4.69, 9.17) is 18.9 Å². The monoisotopic (exact) mass is 795 g/mol. The first-order valence-electron chi connectivity index (χ1n) is 19.8. The number of carbonyl (C=O) groups is 4. The number of benzene rings is 1. The van der Waals surface area contributed by atoms with E-state index >= 15 is 4.79 Å². The lowest BCUT2D eigenvalue weighted by Crippen LogP contribution is -2.48. The summed E-state index contributed by atoms with van der Waals surface area (Å²) in [4.78, 5) is 63.3. The van der Waals surface area contributed by atoms with Crippen LogP contribution in [0.15, 0.2) is 42.6 Å². The van der Waals surface area contributed by atoms with Crippen LogP contribution >= 0.6 is 0 Å². The third kappa shape index (κ3) is 8.91. The molecule has 7 atom stereocenters. The number of aromatic nitrogens is 1. The maximum Gasteiger partial charge on any atom is 0.307 e. The molecular weight excluding hydrogens is 739 g/mol. The fraction of sp³-hybridized carbons (Fsp3) is 0.643. The Hall–Kier alpha value is -4.04. The van der Waals surface area contributed by atoms with Crippen LogP contribution < -0.4 is 14.2 Å². The van der Waals surface area contributed by atoms with Gasteiger partial charge in [0.05, 0.1) is 48.4 Å². The van der Waals surface area contributed by atoms with E-state index < -0.39 is 61.6 Å². The van der Waals surface area contributed by atoms with Gasteiger partial charge in [0.15, 0.2) is 5.78 Å². The quantitative estimate of drug-likeness (QED) is 0.237. The molecule has 306 valence electrons. The molecule has 1 saturated heterocycles. The zero-order valence-corrected chi connectivity index (χ0v) is 34.5. The Labute approximate surface area is 330 Å². The Balaban J connectivity index is 1.38. The van der Waals surface area contributed by atoms with Gasteiger partial charge in [0.25, 0.3) is 0 Å². The maximum atomic E-state index is 15.1. The molecule has 2 saturated carbocycles. The van der Waals surface area contributed by atoms with Crippen LogP contribution in [0.2, 0.25) is 0 Å². The standard InChI is InChI=1S/C42H57N3O10S/c1-26-12-8-9-13-28-21-42(28,39(49)44-56(50,51)41(5)16-17-41)22-34(46)33-19-29(54-37-31-15-11-10-14-30(31)35(53-7)23-43-37)24-45(33)38(48)32(27(18-26)25-52-6)20-36(47)55-40(2,3)4/h9-11,13-15,23,26-29,32-33H,8,12,16-22,24-25H2,1-7H3,(H,44,49)/b13-9-/t26-,27-,28+,29+,32-,33-,42+/m0/s1. The first-order valence-corrected chi connectivity index (χ1v) is 21.2. The van der Waals surface area contributed by atoms with Crippen molar-refractivity contribution in [3.05, 3.63) is 42.6 Å². The van der Waals surface area contributed by atoms with Crippen LogP contribution in [0.4, 0.5) is 0 Å². The lowest BCUT2D eigenvalue weighted by atomic mass is 9.81. The second-order valence-corrected chi connectivity index (χ2v) is 19.8. The number of esters is 1. The summed E-state index contributed by atoms with van der Waals surface area (Å²) in [5, 5.41) is 1.48. The van der Waals surface area contributed by atoms with Gasteiger partial charge < -0.3 is 23.8 Å². The average molecular weight is 796 g/mol. The van der Waals surface area contributed by atoms with Crippen LogP contribution in [0.25, 0.3) is 10.8 Å². The molecule has 4 aliphatic rings. The molecule has 1 aromatic heterocycles. The predicted octanol–water partition coefficient (Wildman–Crippen LogP) is 5.54. The number of Topliss-reactive ketones (excluding diaryl/α,β-unsaturated/α-hetero) is 1. The number of hydrogen-bond acceptors (Lipinski definition) is 11. The minimum absolute atomic E-state index is 0.0204. The number of carbonyl (C=O) groups excluding carboxylic acids is 4. The fourth-order valence-corrected chi connectivity index (χ4v) is 9.74. The van der Waals surface area contributed by atoms with Crippen molar-refractivity contribution >= 4 is 44.4 Å². The number of sulfonamides is 1. The predicted molar refractivity (Wildman–Crippen MR) is 209 cm³/mol. The Morgan fingerprint density at radius 1 is 1.07 bits per heavy atom. The molecule has 56 heavy (non-hydrogen) atoms. The molecule has 1 N–H and O–H groups in total. The number of ether oxygens (including phenoxy) is 4. The van der Waals surface area contributed by atoms with Crippen LogP contribution in [-0.2, 0) is 38.7 Å². The lowest BCUT2D eigenvalue weighted by molar-refractivity contribution is -0.160. The molecular formula is C42H57N3O10S. The van der Waals surface area contributed by atoms with Gasteiger partial charge in [-0.1, -0.05) is 37.3 Å². The lowest BCUT2D eigenvalue weighted by Gasteiger charge is -2.33. The molecule has 0 radical (unpaired) electrons. The second-order valence-electron chi connectivity index (χ2n) is 17.6. The summed E-state index contributed by atoms with van der Waals surface area (Å²) < 4.78 is 51.3. The van der Waals surface area contributed by atoms with Gasteiger partial charge in [0.1, 0.15) is 17.5 Å². The van der Waals surface area contributed by atoms with Crippen molar-refractivity contribution in [2.45, 2.75) is 115 Å². The number of amides is 2. The second kappa shape index (κ2) is 16.1. The Morgan fingerprint density at radius 2 is 1.79 bits per heavy atom. The summed E-state index contributed by atoms with van der Waals surface area (Å²) in [5.74, 6) is -2.57. The summed E-state index contributed by atoms with van der Waals surface area (Å²) in [6.45, 7) is 9.26. The smallest absolute Gasteiger partial charge is 0.307 e. The summed E-state index contributed by atoms with van der Waals surface area (Å²) in [5.41, 5.74) is -2.07. The molecule has 2 aromatic rings. The van der Waals surface area contributed by atoms with Crippen molar-refractivity contribution in [2.24, 2.45) is 29.1 Å². The molecule has 0 bridgehead atoms. The van der Waals surface area contributed by atoms with Gasteiger partial charge in [-0.15, -0.1) is 0 Å². The van der Waals surface area contributed by atoms with Crippen LogP contribution in [0.1, 0.15) is 92.4 Å². The molecule has 2 aliphatic heterocycles. The zero-order valence-electron chi connectivity index (χ0n) is 33.7. The molecule has 0 spiro atoms. The van der Waals surface area contributed by atoms with Gasteiger partial charge in [0, 0.05) is 37.3 Å². The van der Waals surface area contributed by atoms with Crippen molar-refractivity contribution in [3.63, 3.8) is 0 Å². The number of allylic oxidation sites excluding steroid dienone is 2. The normalized spacial score (nSPS) is 29.9. The third-order valence-electron chi connectivity index (χ3n) is 12.0. The van der Waals surface area contributed by atoms with E-state index in [-0.39, 0.29) is 56.0 Å². The van der Waals surface area contributed by atoms with Crippen molar-refractivity contribution < 1.29 is 46.5 Å². The number of pyridine rings is 1. The number of hydrogen-bond donors (Lipinski definition) is 1. The topological polar surface area (TPSA) is 167 Å². The molecule has 1 aromatic carbocycles. The molecule has 0 unspecified atom stereocenters. The van der Waals surface area contributed by atoms with E-state index in [1.165, 1.54) is 4.90 Å². The fourth-order valence-electron chi connectivity index (χ4n) is 8.41. The number of rotatable bonds is 10. The molecule has 3 fully saturated rings. The molecule has 13 nitrogen and oxygen atoms in total. The Kier molecular flexibility index (Phi) is 11.9. The van der Waals surface area contributed by atoms with E-state index in [1.807, 2.05) is 36.4 Å². The number of nitrogens with zero attached hydrogens (tertiary/aromatic N) is 2. The van der Waals surface area contributed by atoms with Crippen LogP contribution in [0.3, 0.4) is 0 Å². The van der Waals surface area contributed by atoms with Crippen LogP contribution in [0, 0.1) is 29.1 Å². The Morgan fingerprint density at radius 3 is 2.45 bits per heavy atom. The molecule has 3 heterocycles. The van der Waals surface area contributed by atoms with Gasteiger partial charge in [-0.2, -0.15) is 0 Å². The van der Waals surface area contributed by atoms with Gasteiger partial charge in [0.2, 0.25) is 27.7 Å². The highest BCUT2D eigenvalue weighted by atomic mass is 32.2. The average Bonchev–Trinajstić information content (AvgIpc) is 4.01. The highest BCUT2D eigenvalue weighted by molar-refractivity contribution is 7.91. The summed E-state index contributed by atoms with van der Waals surface area (Å²) in [6.07, 6.45) is 7.72. The summed E-state index contributed by atoms with van der Waals surface area (Å²) in [6, 6.07) is 6.47. The van der Waals surface area contributed by atoms with E-state index in [0.717, 1.165) is 11.8 Å². The maximum absolute atomic E-state index is 15.1. The number of fused-ring (bicyclic) bond motifs is 3. The van der Waals surface area contributed by atoms with Crippen LogP contribution in [0.5, 0.6) is 11.6 Å². The first kappa shape index (κ1) is 41.6. The van der Waals surface area contributed by atoms with Gasteiger partial charge >= 0.3 is 5.97 Å². The zero-order chi connectivity index (χ0) is 40.6. The molecule has 14 heteroatoms. The number of nitrogens with one attached hydrogen (secondary N) is 1. The highest BCUT2D eigenvalue weighted by Crippen LogP contribution is 2.58. The molecule has 6 rings (SSSR count). The van der Waals surface area contributed by atoms with E-state index in [0.29, 0.717) is 49.1 Å². The van der Waals surface area contributed by atoms with Crippen LogP contribution in [-0.4, -0.2) is 91.7 Å². The summed E-state index contributed by atoms with van der Waals surface area (Å²) >= 11 is 0. The van der Waals surface area contributed by atoms with Crippen molar-refractivity contribution in [1.29, 1.82) is 0 Å². The van der Waals surface area contributed by atoms with Crippen molar-refractivity contribution in [1.82, 2.24) is 14.6 Å². The van der Waals surface area contributed by atoms with E-state index in [1.54, 1.807) is 48.1 Å². The van der Waals surface area contributed by atoms with E-state index in [9.17, 15) is 22.8 Å². The van der Waals surface area contributed by atoms with Crippen molar-refractivity contribution in [2.75, 3.05) is 27.4 Å². The van der Waals surface area contributed by atoms with Gasteiger partial charge in [-0.3, -0.25) is 23.9 Å².